The molecular formula is C13H17BrN2O4. The van der Waals surface area contributed by atoms with Crippen LogP contribution in [0.15, 0.2) is 23.0 Å². The lowest BCUT2D eigenvalue weighted by atomic mass is 10.3. The number of hydrogen-bond donors (Lipinski definition) is 2. The number of aromatic amines is 1. The lowest BCUT2D eigenvalue weighted by Crippen LogP contribution is -2.17. The van der Waals surface area contributed by atoms with Crippen LogP contribution in [0.1, 0.15) is 13.3 Å². The number of carboxylic acid groups (broad SMARTS) is 1. The maximum atomic E-state index is 11.6. The summed E-state index contributed by atoms with van der Waals surface area (Å²) in [6.45, 7) is 2.24. The van der Waals surface area contributed by atoms with Gasteiger partial charge < -0.3 is 14.8 Å². The first-order valence-corrected chi connectivity index (χ1v) is 7.20. The van der Waals surface area contributed by atoms with Gasteiger partial charge in [-0.3, -0.25) is 9.36 Å². The molecule has 1 aromatic carbocycles. The quantitative estimate of drug-likeness (QED) is 0.832. The third-order valence-electron chi connectivity index (χ3n) is 2.59. The van der Waals surface area contributed by atoms with Gasteiger partial charge in [-0.1, -0.05) is 22.9 Å². The van der Waals surface area contributed by atoms with Crippen molar-refractivity contribution in [3.05, 3.63) is 28.7 Å². The van der Waals surface area contributed by atoms with Crippen molar-refractivity contribution < 1.29 is 14.6 Å². The van der Waals surface area contributed by atoms with Crippen LogP contribution in [-0.2, 0) is 11.3 Å². The second-order valence-corrected chi connectivity index (χ2v) is 4.69. The average molecular weight is 345 g/mol. The topological polar surface area (TPSA) is 84.3 Å². The molecule has 0 radical (unpaired) electrons. The van der Waals surface area contributed by atoms with Gasteiger partial charge >= 0.3 is 11.7 Å². The SMILES string of the molecule is CCC(=O)O.COc1ccc2[nH]c(=O)n(CCBr)c2c1. The molecule has 0 atom stereocenters. The maximum Gasteiger partial charge on any atom is 0.326 e. The first kappa shape index (κ1) is 16.3. The number of nitrogens with one attached hydrogen (secondary N) is 1. The summed E-state index contributed by atoms with van der Waals surface area (Å²) in [5, 5.41) is 8.47. The Labute approximate surface area is 124 Å². The van der Waals surface area contributed by atoms with E-state index in [1.165, 1.54) is 0 Å². The third-order valence-corrected chi connectivity index (χ3v) is 2.95. The Kier molecular flexibility index (Phi) is 6.30. The van der Waals surface area contributed by atoms with Crippen molar-refractivity contribution in [1.82, 2.24) is 9.55 Å². The maximum absolute atomic E-state index is 11.6. The van der Waals surface area contributed by atoms with Gasteiger partial charge in [0, 0.05) is 24.4 Å². The number of imidazole rings is 1. The van der Waals surface area contributed by atoms with Crippen LogP contribution in [0.3, 0.4) is 0 Å². The van der Waals surface area contributed by atoms with Gasteiger partial charge in [0.1, 0.15) is 5.75 Å². The number of benzene rings is 1. The summed E-state index contributed by atoms with van der Waals surface area (Å²) in [6, 6.07) is 5.53. The van der Waals surface area contributed by atoms with Crippen molar-refractivity contribution in [3.8, 4) is 5.75 Å². The smallest absolute Gasteiger partial charge is 0.326 e. The highest BCUT2D eigenvalue weighted by Gasteiger charge is 2.06. The lowest BCUT2D eigenvalue weighted by molar-refractivity contribution is -0.136. The number of methoxy groups -OCH3 is 1. The Morgan fingerprint density at radius 3 is 2.65 bits per heavy atom. The van der Waals surface area contributed by atoms with Crippen molar-refractivity contribution in [2.24, 2.45) is 0 Å². The Morgan fingerprint density at radius 2 is 2.15 bits per heavy atom. The zero-order valence-corrected chi connectivity index (χ0v) is 12.9. The lowest BCUT2D eigenvalue weighted by Gasteiger charge is -2.02. The van der Waals surface area contributed by atoms with Gasteiger partial charge in [-0.25, -0.2) is 4.79 Å². The van der Waals surface area contributed by atoms with E-state index in [-0.39, 0.29) is 12.1 Å². The van der Waals surface area contributed by atoms with Gasteiger partial charge in [-0.05, 0) is 12.1 Å². The minimum absolute atomic E-state index is 0.0855. The number of carboxylic acids is 1. The molecule has 1 aromatic heterocycles. The van der Waals surface area contributed by atoms with E-state index in [0.717, 1.165) is 22.1 Å². The van der Waals surface area contributed by atoms with Crippen LogP contribution in [0.2, 0.25) is 0 Å². The molecule has 0 unspecified atom stereocenters. The number of fused-ring (bicyclic) bond motifs is 1. The van der Waals surface area contributed by atoms with E-state index in [9.17, 15) is 9.59 Å². The van der Waals surface area contributed by atoms with Gasteiger partial charge in [0.15, 0.2) is 0 Å². The van der Waals surface area contributed by atoms with Crippen LogP contribution < -0.4 is 10.4 Å². The number of aryl methyl sites for hydroxylation is 1. The number of aromatic nitrogens is 2. The summed E-state index contributed by atoms with van der Waals surface area (Å²) in [6.07, 6.45) is 0.222. The number of alkyl halides is 1. The van der Waals surface area contributed by atoms with Crippen LogP contribution >= 0.6 is 15.9 Å². The number of carbonyl (C=O) groups is 1. The Hall–Kier alpha value is -1.76. The number of hydrogen-bond acceptors (Lipinski definition) is 3. The van der Waals surface area contributed by atoms with Crippen molar-refractivity contribution >= 4 is 32.9 Å². The normalized spacial score (nSPS) is 9.95. The molecule has 7 heteroatoms. The summed E-state index contributed by atoms with van der Waals surface area (Å²) in [5.41, 5.74) is 1.62. The molecule has 0 aliphatic rings. The van der Waals surface area contributed by atoms with Gasteiger partial charge in [-0.2, -0.15) is 0 Å². The number of rotatable bonds is 4. The molecular weight excluding hydrogens is 328 g/mol. The first-order valence-electron chi connectivity index (χ1n) is 6.07. The van der Waals surface area contributed by atoms with Crippen LogP contribution in [0.5, 0.6) is 5.75 Å². The Morgan fingerprint density at radius 1 is 1.50 bits per heavy atom. The molecule has 0 saturated carbocycles. The molecule has 6 nitrogen and oxygen atoms in total. The molecule has 0 saturated heterocycles. The molecule has 2 rings (SSSR count). The molecule has 0 bridgehead atoms. The Balaban J connectivity index is 0.000000347. The molecule has 20 heavy (non-hydrogen) atoms. The fourth-order valence-electron chi connectivity index (χ4n) is 1.57. The number of nitrogens with zero attached hydrogens (tertiary/aromatic N) is 1. The molecule has 0 aliphatic heterocycles. The fourth-order valence-corrected chi connectivity index (χ4v) is 1.92. The zero-order valence-electron chi connectivity index (χ0n) is 11.4. The molecule has 0 aliphatic carbocycles. The van der Waals surface area contributed by atoms with Crippen LogP contribution in [-0.4, -0.2) is 33.1 Å². The summed E-state index contributed by atoms with van der Waals surface area (Å²) >= 11 is 3.32. The number of aliphatic carboxylic acids is 1. The molecule has 110 valence electrons. The zero-order chi connectivity index (χ0) is 15.1. The summed E-state index contributed by atoms with van der Waals surface area (Å²) in [5.74, 6) is 0.00909. The third kappa shape index (κ3) is 4.12. The van der Waals surface area contributed by atoms with E-state index < -0.39 is 5.97 Å². The first-order chi connectivity index (χ1) is 9.53. The van der Waals surface area contributed by atoms with Crippen molar-refractivity contribution in [1.29, 1.82) is 0 Å². The summed E-state index contributed by atoms with van der Waals surface area (Å²) in [7, 11) is 1.61. The Bertz CT molecular complexity index is 633. The van der Waals surface area contributed by atoms with Gasteiger partial charge in [-0.15, -0.1) is 0 Å². The highest BCUT2D eigenvalue weighted by molar-refractivity contribution is 9.09. The standard InChI is InChI=1S/C10H11BrN2O2.C3H6O2/c1-15-7-2-3-8-9(6-7)13(5-4-11)10(14)12-8;1-2-3(4)5/h2-3,6H,4-5H2,1H3,(H,12,14);2H2,1H3,(H,4,5). The van der Waals surface area contributed by atoms with E-state index in [4.69, 9.17) is 9.84 Å². The minimum Gasteiger partial charge on any atom is -0.497 e. The number of ether oxygens (including phenoxy) is 1. The van der Waals surface area contributed by atoms with Gasteiger partial charge in [0.25, 0.3) is 0 Å². The monoisotopic (exact) mass is 344 g/mol. The largest absolute Gasteiger partial charge is 0.497 e. The highest BCUT2D eigenvalue weighted by atomic mass is 79.9. The highest BCUT2D eigenvalue weighted by Crippen LogP contribution is 2.18. The molecule has 2 N–H and O–H groups in total. The van der Waals surface area contributed by atoms with E-state index in [1.54, 1.807) is 18.6 Å². The van der Waals surface area contributed by atoms with Crippen LogP contribution in [0, 0.1) is 0 Å². The van der Waals surface area contributed by atoms with Crippen molar-refractivity contribution in [2.75, 3.05) is 12.4 Å². The van der Waals surface area contributed by atoms with E-state index in [1.807, 2.05) is 18.2 Å². The summed E-state index contributed by atoms with van der Waals surface area (Å²) in [4.78, 5) is 23.7. The predicted molar refractivity (Wildman–Crippen MR) is 80.8 cm³/mol. The van der Waals surface area contributed by atoms with Crippen LogP contribution in [0.4, 0.5) is 0 Å². The van der Waals surface area contributed by atoms with Crippen molar-refractivity contribution in [3.63, 3.8) is 0 Å². The van der Waals surface area contributed by atoms with E-state index in [2.05, 4.69) is 20.9 Å². The fraction of sp³-hybridized carbons (Fsp3) is 0.385. The predicted octanol–water partition coefficient (Wildman–Crippen LogP) is 2.21. The molecule has 0 fully saturated rings. The average Bonchev–Trinajstić information content (AvgIpc) is 2.75. The van der Waals surface area contributed by atoms with Crippen molar-refractivity contribution in [2.45, 2.75) is 19.9 Å². The second-order valence-electron chi connectivity index (χ2n) is 3.90. The second kappa shape index (κ2) is 7.74. The molecule has 1 heterocycles. The number of H-pyrrole nitrogens is 1. The number of halogens is 1. The molecule has 0 spiro atoms. The van der Waals surface area contributed by atoms with E-state index >= 15 is 0 Å². The van der Waals surface area contributed by atoms with Gasteiger partial charge in [0.05, 0.1) is 18.1 Å². The van der Waals surface area contributed by atoms with Crippen LogP contribution in [0.25, 0.3) is 11.0 Å². The summed E-state index contributed by atoms with van der Waals surface area (Å²) < 4.78 is 6.81. The van der Waals surface area contributed by atoms with E-state index in [0.29, 0.717) is 6.54 Å². The van der Waals surface area contributed by atoms with Gasteiger partial charge in [0.2, 0.25) is 0 Å². The minimum atomic E-state index is -0.745. The molecule has 2 aromatic rings. The molecule has 0 amide bonds.